The van der Waals surface area contributed by atoms with E-state index in [2.05, 4.69) is 15.7 Å². The first-order chi connectivity index (χ1) is 22.6. The lowest BCUT2D eigenvalue weighted by Gasteiger charge is -2.23. The topological polar surface area (TPSA) is 162 Å². The molecule has 14 heteroatoms. The molecule has 3 amide bonds. The number of nitrogens with zero attached hydrogens (tertiary/aromatic N) is 4. The van der Waals surface area contributed by atoms with Crippen LogP contribution in [-0.4, -0.2) is 84.9 Å². The van der Waals surface area contributed by atoms with Gasteiger partial charge in [-0.2, -0.15) is 5.10 Å². The number of ether oxygens (including phenoxy) is 2. The lowest BCUT2D eigenvalue weighted by molar-refractivity contribution is -0.135. The number of methoxy groups -OCH3 is 1. The van der Waals surface area contributed by atoms with E-state index in [0.29, 0.717) is 28.7 Å². The van der Waals surface area contributed by atoms with Crippen LogP contribution in [-0.2, 0) is 26.0 Å². The smallest absolute Gasteiger partial charge is 0.251 e. The lowest BCUT2D eigenvalue weighted by Crippen LogP contribution is -2.45. The Morgan fingerprint density at radius 2 is 1.72 bits per heavy atom. The summed E-state index contributed by atoms with van der Waals surface area (Å²) in [6.07, 6.45) is -0.345. The Hall–Kier alpha value is -5.24. The van der Waals surface area contributed by atoms with Gasteiger partial charge in [0.25, 0.3) is 5.91 Å². The molecule has 2 N–H and O–H groups in total. The molecule has 0 unspecified atom stereocenters. The van der Waals surface area contributed by atoms with Crippen LogP contribution < -0.4 is 20.1 Å². The molecule has 0 spiro atoms. The minimum absolute atomic E-state index is 0.00975. The maximum atomic E-state index is 13.4. The van der Waals surface area contributed by atoms with Crippen molar-refractivity contribution in [2.75, 3.05) is 39.1 Å². The summed E-state index contributed by atoms with van der Waals surface area (Å²) in [4.78, 5) is 45.8. The van der Waals surface area contributed by atoms with Crippen molar-refractivity contribution >= 4 is 27.6 Å². The number of hydrogen-bond donors (Lipinski definition) is 2. The number of benzene rings is 3. The highest BCUT2D eigenvalue weighted by Crippen LogP contribution is 2.28. The van der Waals surface area contributed by atoms with Crippen LogP contribution in [0.5, 0.6) is 11.5 Å². The third kappa shape index (κ3) is 8.33. The molecule has 0 fully saturated rings. The molecule has 1 atom stereocenters. The van der Waals surface area contributed by atoms with Gasteiger partial charge in [0, 0.05) is 30.6 Å². The monoisotopic (exact) mass is 660 g/mol. The van der Waals surface area contributed by atoms with Gasteiger partial charge in [0.1, 0.15) is 12.4 Å². The molecule has 5 rings (SSSR count). The largest absolute Gasteiger partial charge is 0.493 e. The zero-order chi connectivity index (χ0) is 33.4. The Morgan fingerprint density at radius 1 is 1.00 bits per heavy atom. The normalized spacial score (nSPS) is 16.2. The first-order valence-electron chi connectivity index (χ1n) is 15.1. The second-order valence-electron chi connectivity index (χ2n) is 10.8. The van der Waals surface area contributed by atoms with Gasteiger partial charge >= 0.3 is 0 Å². The second kappa shape index (κ2) is 14.9. The molecule has 0 aliphatic carbocycles. The number of amides is 3. The van der Waals surface area contributed by atoms with Crippen LogP contribution >= 0.6 is 0 Å². The van der Waals surface area contributed by atoms with Crippen molar-refractivity contribution in [3.8, 4) is 22.9 Å². The van der Waals surface area contributed by atoms with Crippen molar-refractivity contribution in [3.05, 3.63) is 90.3 Å². The van der Waals surface area contributed by atoms with Crippen LogP contribution in [0.15, 0.2) is 83.8 Å². The molecule has 1 aliphatic heterocycles. The Balaban J connectivity index is 1.41. The van der Waals surface area contributed by atoms with Gasteiger partial charge in [-0.05, 0) is 37.3 Å². The van der Waals surface area contributed by atoms with Crippen LogP contribution in [0, 0.1) is 0 Å². The van der Waals surface area contributed by atoms with Crippen LogP contribution in [0.2, 0.25) is 0 Å². The molecular weight excluding hydrogens is 624 g/mol. The lowest BCUT2D eigenvalue weighted by atomic mass is 10.2. The summed E-state index contributed by atoms with van der Waals surface area (Å²) in [6, 6.07) is 21.4. The third-order valence-corrected chi connectivity index (χ3v) is 9.26. The van der Waals surface area contributed by atoms with E-state index in [4.69, 9.17) is 14.5 Å². The van der Waals surface area contributed by atoms with E-state index in [0.717, 1.165) is 5.56 Å². The fraction of sp³-hybridized carbons (Fsp3) is 0.303. The van der Waals surface area contributed by atoms with E-state index in [1.54, 1.807) is 48.0 Å². The summed E-state index contributed by atoms with van der Waals surface area (Å²) >= 11 is 0. The highest BCUT2D eigenvalue weighted by Gasteiger charge is 2.25. The summed E-state index contributed by atoms with van der Waals surface area (Å²) in [5, 5.41) is 10.3. The standard InChI is InChI=1S/C33H36N6O7S/c1-23-32-36-31(24-9-5-3-6-10-24)37-39(32)18-19-46-28-21-25(13-14-27(28)45-2)33(42)34-16-17-38(22-29(40)35-23)30(41)15-20-47(43,44)26-11-7-4-8-12-26/h3-14,21,23H,15-20,22H2,1-2H3,(H,34,42)(H,35,40)/t23-/m1/s1. The van der Waals surface area contributed by atoms with Crippen molar-refractivity contribution < 1.29 is 32.3 Å². The molecule has 47 heavy (non-hydrogen) atoms. The van der Waals surface area contributed by atoms with Gasteiger partial charge in [0.2, 0.25) is 11.8 Å². The van der Waals surface area contributed by atoms with Crippen molar-refractivity contribution in [1.29, 1.82) is 0 Å². The van der Waals surface area contributed by atoms with Crippen molar-refractivity contribution in [1.82, 2.24) is 30.3 Å². The SMILES string of the molecule is COc1ccc2cc1OCCn1nc(-c3ccccc3)nc1[C@@H](C)NC(=O)CN(C(=O)CCS(=O)(=O)c1ccccc1)CCNC2=O. The number of rotatable bonds is 6. The minimum atomic E-state index is -3.73. The molecule has 0 radical (unpaired) electrons. The zero-order valence-electron chi connectivity index (χ0n) is 26.1. The molecule has 3 aromatic carbocycles. The van der Waals surface area contributed by atoms with E-state index in [-0.39, 0.29) is 44.1 Å². The first kappa shape index (κ1) is 33.1. The number of aromatic nitrogens is 3. The maximum Gasteiger partial charge on any atom is 0.251 e. The third-order valence-electron chi connectivity index (χ3n) is 7.53. The van der Waals surface area contributed by atoms with E-state index in [9.17, 15) is 22.8 Å². The Morgan fingerprint density at radius 3 is 2.45 bits per heavy atom. The molecule has 1 aliphatic rings. The summed E-state index contributed by atoms with van der Waals surface area (Å²) in [7, 11) is -2.23. The minimum Gasteiger partial charge on any atom is -0.493 e. The fourth-order valence-electron chi connectivity index (χ4n) is 5.07. The van der Waals surface area contributed by atoms with Crippen LogP contribution in [0.1, 0.15) is 35.6 Å². The second-order valence-corrected chi connectivity index (χ2v) is 12.9. The summed E-state index contributed by atoms with van der Waals surface area (Å²) < 4.78 is 38.8. The first-order valence-corrected chi connectivity index (χ1v) is 16.7. The van der Waals surface area contributed by atoms with Gasteiger partial charge in [0.15, 0.2) is 27.2 Å². The van der Waals surface area contributed by atoms with Gasteiger partial charge in [0.05, 0.1) is 36.9 Å². The van der Waals surface area contributed by atoms with Crippen molar-refractivity contribution in [3.63, 3.8) is 0 Å². The Labute approximate surface area is 272 Å². The van der Waals surface area contributed by atoms with E-state index in [1.165, 1.54) is 24.1 Å². The van der Waals surface area contributed by atoms with E-state index in [1.807, 2.05) is 30.3 Å². The van der Waals surface area contributed by atoms with E-state index >= 15 is 0 Å². The van der Waals surface area contributed by atoms with Crippen molar-refractivity contribution in [2.45, 2.75) is 30.8 Å². The average molecular weight is 661 g/mol. The highest BCUT2D eigenvalue weighted by molar-refractivity contribution is 7.91. The molecule has 0 saturated carbocycles. The number of sulfone groups is 1. The van der Waals surface area contributed by atoms with Gasteiger partial charge in [-0.1, -0.05) is 48.5 Å². The van der Waals surface area contributed by atoms with Crippen LogP contribution in [0.25, 0.3) is 11.4 Å². The van der Waals surface area contributed by atoms with Gasteiger partial charge in [-0.15, -0.1) is 0 Å². The van der Waals surface area contributed by atoms with Gasteiger partial charge in [-0.3, -0.25) is 14.4 Å². The molecule has 2 heterocycles. The zero-order valence-corrected chi connectivity index (χ0v) is 26.9. The molecule has 0 saturated heterocycles. The van der Waals surface area contributed by atoms with Crippen molar-refractivity contribution in [2.24, 2.45) is 0 Å². The molecular formula is C33H36N6O7S. The van der Waals surface area contributed by atoms with Gasteiger partial charge in [-0.25, -0.2) is 18.1 Å². The predicted octanol–water partition coefficient (Wildman–Crippen LogP) is 2.65. The molecule has 1 aromatic heterocycles. The summed E-state index contributed by atoms with van der Waals surface area (Å²) in [5.74, 6) is -0.178. The molecule has 2 bridgehead atoms. The molecule has 13 nitrogen and oxygen atoms in total. The van der Waals surface area contributed by atoms with Gasteiger partial charge < -0.3 is 25.0 Å². The molecule has 246 valence electrons. The Kier molecular flexibility index (Phi) is 10.5. The van der Waals surface area contributed by atoms with Crippen LogP contribution in [0.4, 0.5) is 0 Å². The summed E-state index contributed by atoms with van der Waals surface area (Å²) in [6.45, 7) is 1.78. The Bertz CT molecular complexity index is 1830. The number of nitrogens with one attached hydrogen (secondary N) is 2. The maximum absolute atomic E-state index is 13.4. The summed E-state index contributed by atoms with van der Waals surface area (Å²) in [5.41, 5.74) is 1.09. The fourth-order valence-corrected chi connectivity index (χ4v) is 6.32. The average Bonchev–Trinajstić information content (AvgIpc) is 3.51. The highest BCUT2D eigenvalue weighted by atomic mass is 32.2. The van der Waals surface area contributed by atoms with E-state index < -0.39 is 39.4 Å². The number of hydrogen-bond acceptors (Lipinski definition) is 9. The quantitative estimate of drug-likeness (QED) is 0.317. The predicted molar refractivity (Wildman–Crippen MR) is 173 cm³/mol. The number of fused-ring (bicyclic) bond motifs is 3. The number of carbonyl (C=O) groups is 3. The van der Waals surface area contributed by atoms with Crippen LogP contribution in [0.3, 0.4) is 0 Å². The molecule has 4 aromatic rings. The number of carbonyl (C=O) groups excluding carboxylic acids is 3.